The van der Waals surface area contributed by atoms with Gasteiger partial charge in [0.2, 0.25) is 29.5 Å². The fourth-order valence-corrected chi connectivity index (χ4v) is 13.4. The standard InChI is InChI=1S/C66H99N11O13S/c1-11-41(8)58(74-61(84)52-32-40(7)28-31-75(52)10)64(86)76(12-2)51(38(3)4)36-53(89-42(9)78)63-72-50(37-91-63)60(83)70-45-33-43-24-25-44(34-47(43)48(35-45)65(87)90-46-20-15-13-16-21-46)69-59(82)49(22-19-29-68-66(67)88)71-62(85)57(39(5)6)73-54(79)23-17-14-18-30-77-55(80)26-27-56(77)81/h24-27,34,37-41,45-46,48-49,51-53,57-58H,11-23,28-33,35-36H2,1-10H3,(H,69,82)(H,70,83)(H,71,85)(H,73,79)(H,74,84)(H3,67,68,88)/t40-,41+,45+,48-,49+,51-,52-,53-,57+,58+/m1/s1. The third kappa shape index (κ3) is 21.1. The normalized spacial score (nSPS) is 20.5. The van der Waals surface area contributed by atoms with Gasteiger partial charge in [0, 0.05) is 74.7 Å². The van der Waals surface area contributed by atoms with Gasteiger partial charge in [-0.3, -0.25) is 57.7 Å². The van der Waals surface area contributed by atoms with Crippen molar-refractivity contribution in [2.45, 2.75) is 226 Å². The van der Waals surface area contributed by atoms with Crippen molar-refractivity contribution in [1.29, 1.82) is 0 Å². The van der Waals surface area contributed by atoms with E-state index in [0.717, 1.165) is 66.9 Å². The quantitative estimate of drug-likeness (QED) is 0.0234. The number of hydrogen-bond donors (Lipinski definition) is 7. The molecule has 0 bridgehead atoms. The summed E-state index contributed by atoms with van der Waals surface area (Å²) in [6, 6.07) is 0.0433. The predicted molar refractivity (Wildman–Crippen MR) is 344 cm³/mol. The number of nitrogens with zero attached hydrogens (tertiary/aromatic N) is 4. The minimum atomic E-state index is -1.15. The van der Waals surface area contributed by atoms with Gasteiger partial charge < -0.3 is 52.0 Å². The van der Waals surface area contributed by atoms with Gasteiger partial charge in [-0.25, -0.2) is 9.78 Å². The SMILES string of the molecule is CC[C@H](C)[C@H](NC(=O)[C@H]1C[C@H](C)CCN1C)C(=O)N(CC)[C@H](C[C@@H](OC(C)=O)c1nc(C(=O)N[C@H]2Cc3ccc(NC(=O)[C@H](CCCNC(N)=O)NC(=O)[C@@H](NC(=O)CCCCCN4C(=O)C=CC4=O)C(C)C)cc3[C@H](C(=O)OC3CCCCC3)C2)cs1)C(C)C. The summed E-state index contributed by atoms with van der Waals surface area (Å²) in [4.78, 5) is 157. The van der Waals surface area contributed by atoms with Crippen molar-refractivity contribution in [1.82, 2.24) is 46.3 Å². The van der Waals surface area contributed by atoms with E-state index in [2.05, 4.69) is 38.8 Å². The minimum absolute atomic E-state index is 0.0673. The fraction of sp³-hybridized carbons (Fsp3) is 0.667. The highest BCUT2D eigenvalue weighted by Gasteiger charge is 2.41. The molecule has 3 heterocycles. The number of nitrogens with one attached hydrogen (secondary N) is 6. The van der Waals surface area contributed by atoms with Crippen LogP contribution in [-0.4, -0.2) is 160 Å². The van der Waals surface area contributed by atoms with Gasteiger partial charge in [0.25, 0.3) is 17.7 Å². The summed E-state index contributed by atoms with van der Waals surface area (Å²) in [5.41, 5.74) is 7.02. The first kappa shape index (κ1) is 72.8. The summed E-state index contributed by atoms with van der Waals surface area (Å²) in [6.07, 6.45) is 10.4. The van der Waals surface area contributed by atoms with Gasteiger partial charge in [0.05, 0.1) is 12.0 Å². The molecule has 4 aliphatic rings. The fourth-order valence-electron chi connectivity index (χ4n) is 12.6. The van der Waals surface area contributed by atoms with E-state index in [0.29, 0.717) is 67.2 Å². The van der Waals surface area contributed by atoms with Crippen LogP contribution in [0, 0.1) is 23.7 Å². The van der Waals surface area contributed by atoms with E-state index in [9.17, 15) is 52.7 Å². The van der Waals surface area contributed by atoms with Crippen molar-refractivity contribution < 1.29 is 62.2 Å². The molecule has 2 aliphatic heterocycles. The first-order chi connectivity index (χ1) is 43.3. The number of imide groups is 1. The molecule has 1 saturated carbocycles. The van der Waals surface area contributed by atoms with E-state index < -0.39 is 77.9 Å². The molecule has 2 aliphatic carbocycles. The Balaban J connectivity index is 1.16. The number of urea groups is 1. The van der Waals surface area contributed by atoms with Crippen LogP contribution in [0.4, 0.5) is 10.5 Å². The zero-order valence-corrected chi connectivity index (χ0v) is 55.7. The molecule has 91 heavy (non-hydrogen) atoms. The van der Waals surface area contributed by atoms with Crippen LogP contribution < -0.4 is 37.6 Å². The molecular formula is C66H99N11O13S. The first-order valence-corrected chi connectivity index (χ1v) is 33.7. The lowest BCUT2D eigenvalue weighted by atomic mass is 9.79. The average molecular weight is 1290 g/mol. The number of anilines is 1. The minimum Gasteiger partial charge on any atom is -0.462 e. The van der Waals surface area contributed by atoms with Crippen molar-refractivity contribution in [2.75, 3.05) is 38.5 Å². The van der Waals surface area contributed by atoms with Crippen LogP contribution >= 0.6 is 11.3 Å². The van der Waals surface area contributed by atoms with Crippen molar-refractivity contribution in [2.24, 2.45) is 29.4 Å². The molecule has 2 aromatic rings. The zero-order valence-electron chi connectivity index (χ0n) is 54.9. The van der Waals surface area contributed by atoms with Crippen LogP contribution in [0.25, 0.3) is 0 Å². The molecule has 2 fully saturated rings. The van der Waals surface area contributed by atoms with E-state index >= 15 is 0 Å². The smallest absolute Gasteiger partial charge is 0.313 e. The lowest BCUT2D eigenvalue weighted by molar-refractivity contribution is -0.153. The number of unbranched alkanes of at least 4 members (excludes halogenated alkanes) is 2. The number of carbonyl (C=O) groups excluding carboxylic acids is 11. The van der Waals surface area contributed by atoms with Crippen molar-refractivity contribution in [3.63, 3.8) is 0 Å². The van der Waals surface area contributed by atoms with Crippen LogP contribution in [0.15, 0.2) is 35.7 Å². The number of likely N-dealkylation sites (tertiary alicyclic amines) is 1. The van der Waals surface area contributed by atoms with Gasteiger partial charge in [-0.15, -0.1) is 11.3 Å². The molecule has 10 atom stereocenters. The summed E-state index contributed by atoms with van der Waals surface area (Å²) in [5, 5.41) is 19.2. The highest BCUT2D eigenvalue weighted by molar-refractivity contribution is 7.09. The Labute approximate surface area is 539 Å². The molecule has 24 nitrogen and oxygen atoms in total. The van der Waals surface area contributed by atoms with E-state index in [1.165, 1.54) is 19.1 Å². The van der Waals surface area contributed by atoms with E-state index in [1.54, 1.807) is 42.3 Å². The number of thiazole rings is 1. The number of amides is 10. The first-order valence-electron chi connectivity index (χ1n) is 32.8. The van der Waals surface area contributed by atoms with Crippen molar-refractivity contribution >= 4 is 82.3 Å². The number of rotatable bonds is 32. The third-order valence-electron chi connectivity index (χ3n) is 18.1. The second-order valence-corrected chi connectivity index (χ2v) is 26.7. The largest absolute Gasteiger partial charge is 0.462 e. The van der Waals surface area contributed by atoms with E-state index in [4.69, 9.17) is 20.2 Å². The van der Waals surface area contributed by atoms with Gasteiger partial charge in [-0.2, -0.15) is 0 Å². The number of ether oxygens (including phenoxy) is 2. The van der Waals surface area contributed by atoms with Crippen molar-refractivity contribution in [3.8, 4) is 0 Å². The summed E-state index contributed by atoms with van der Waals surface area (Å²) in [5.74, 6) is -5.46. The summed E-state index contributed by atoms with van der Waals surface area (Å²) in [7, 11) is 1.94. The van der Waals surface area contributed by atoms with E-state index in [1.807, 2.05) is 46.6 Å². The number of benzene rings is 1. The number of carbonyl (C=O) groups is 11. The van der Waals surface area contributed by atoms with Crippen molar-refractivity contribution in [3.05, 3.63) is 57.6 Å². The molecule has 502 valence electrons. The molecule has 0 unspecified atom stereocenters. The zero-order chi connectivity index (χ0) is 66.6. The number of esters is 2. The average Bonchev–Trinajstić information content (AvgIpc) is 1.30. The van der Waals surface area contributed by atoms with Gasteiger partial charge in [0.1, 0.15) is 34.9 Å². The molecule has 6 rings (SSSR count). The lowest BCUT2D eigenvalue weighted by Crippen LogP contribution is -2.59. The van der Waals surface area contributed by atoms with Crippen LogP contribution in [0.2, 0.25) is 0 Å². The second kappa shape index (κ2) is 35.0. The molecule has 1 aromatic carbocycles. The molecule has 8 N–H and O–H groups in total. The monoisotopic (exact) mass is 1290 g/mol. The molecule has 1 aromatic heterocycles. The topological polar surface area (TPSA) is 327 Å². The number of aromatic nitrogens is 1. The van der Waals surface area contributed by atoms with Gasteiger partial charge in [-0.05, 0) is 144 Å². The molecule has 10 amide bonds. The van der Waals surface area contributed by atoms with Gasteiger partial charge >= 0.3 is 18.0 Å². The van der Waals surface area contributed by atoms with Gasteiger partial charge in [0.15, 0.2) is 6.10 Å². The summed E-state index contributed by atoms with van der Waals surface area (Å²) in [6.45, 7) is 18.2. The van der Waals surface area contributed by atoms with Crippen LogP contribution in [0.1, 0.15) is 204 Å². The highest BCUT2D eigenvalue weighted by atomic mass is 32.1. The number of hydrogen-bond acceptors (Lipinski definition) is 16. The Hall–Kier alpha value is -7.28. The van der Waals surface area contributed by atoms with E-state index in [-0.39, 0.29) is 110 Å². The van der Waals surface area contributed by atoms with Gasteiger partial charge in [-0.1, -0.05) is 73.8 Å². The number of primary amides is 1. The summed E-state index contributed by atoms with van der Waals surface area (Å²) >= 11 is 1.15. The Bertz CT molecular complexity index is 2910. The number of fused-ring (bicyclic) bond motifs is 1. The maximum absolute atomic E-state index is 14.8. The summed E-state index contributed by atoms with van der Waals surface area (Å²) < 4.78 is 12.1. The Morgan fingerprint density at radius 1 is 0.846 bits per heavy atom. The molecule has 25 heteroatoms. The lowest BCUT2D eigenvalue weighted by Gasteiger charge is -2.40. The molecule has 0 spiro atoms. The molecule has 1 saturated heterocycles. The Morgan fingerprint density at radius 3 is 2.21 bits per heavy atom. The maximum atomic E-state index is 14.8. The Morgan fingerprint density at radius 2 is 1.56 bits per heavy atom. The van der Waals surface area contributed by atoms with Crippen LogP contribution in [0.5, 0.6) is 0 Å². The maximum Gasteiger partial charge on any atom is 0.313 e. The number of nitrogens with two attached hydrogens (primary N) is 1. The van der Waals surface area contributed by atoms with Crippen LogP contribution in [0.3, 0.4) is 0 Å². The highest BCUT2D eigenvalue weighted by Crippen LogP contribution is 2.37. The molecular weight excluding hydrogens is 1190 g/mol. The second-order valence-electron chi connectivity index (χ2n) is 25.9. The number of likely N-dealkylation sites (N-methyl/N-ethyl adjacent to an activating group) is 2. The number of piperidine rings is 1. The van der Waals surface area contributed by atoms with Crippen LogP contribution in [-0.2, 0) is 59.0 Å². The third-order valence-corrected chi connectivity index (χ3v) is 19.0. The molecule has 0 radical (unpaired) electrons. The predicted octanol–water partition coefficient (Wildman–Crippen LogP) is 6.47. The Kier molecular flexibility index (Phi) is 28.0.